The zero-order valence-electron chi connectivity index (χ0n) is 18.4. The number of hydrogen-bond acceptors (Lipinski definition) is 5. The van der Waals surface area contributed by atoms with Gasteiger partial charge in [-0.1, -0.05) is 36.4 Å². The summed E-state index contributed by atoms with van der Waals surface area (Å²) < 4.78 is 21.2. The summed E-state index contributed by atoms with van der Waals surface area (Å²) in [6.45, 7) is 2.82. The maximum absolute atomic E-state index is 13.6. The van der Waals surface area contributed by atoms with Crippen LogP contribution in [0.5, 0.6) is 0 Å². The molecular formula is C27H22FN5O. The molecule has 0 radical (unpaired) electrons. The van der Waals surface area contributed by atoms with Crippen molar-refractivity contribution in [1.29, 1.82) is 0 Å². The first kappa shape index (κ1) is 20.5. The number of pyridine rings is 1. The second kappa shape index (κ2) is 8.68. The van der Waals surface area contributed by atoms with Crippen molar-refractivity contribution in [1.82, 2.24) is 19.7 Å². The molecule has 1 saturated heterocycles. The highest BCUT2D eigenvalue weighted by Gasteiger charge is 2.24. The van der Waals surface area contributed by atoms with Crippen molar-refractivity contribution in [2.24, 2.45) is 0 Å². The third-order valence-corrected chi connectivity index (χ3v) is 6.05. The Morgan fingerprint density at radius 3 is 2.32 bits per heavy atom. The van der Waals surface area contributed by atoms with Gasteiger partial charge in [-0.15, -0.1) is 10.2 Å². The molecule has 3 heterocycles. The molecule has 5 aromatic rings. The van der Waals surface area contributed by atoms with Crippen LogP contribution >= 0.6 is 0 Å². The Bertz CT molecular complexity index is 1440. The number of fused-ring (bicyclic) bond motifs is 1. The van der Waals surface area contributed by atoms with Crippen molar-refractivity contribution in [3.8, 4) is 28.3 Å². The number of para-hydroxylation sites is 2. The van der Waals surface area contributed by atoms with Crippen LogP contribution in [0.2, 0.25) is 0 Å². The van der Waals surface area contributed by atoms with E-state index < -0.39 is 0 Å². The van der Waals surface area contributed by atoms with E-state index in [1.807, 2.05) is 48.5 Å². The summed E-state index contributed by atoms with van der Waals surface area (Å²) in [5, 5.41) is 10.3. The van der Waals surface area contributed by atoms with Crippen LogP contribution in [0.4, 0.5) is 10.3 Å². The zero-order chi connectivity index (χ0) is 22.9. The molecule has 1 aliphatic rings. The van der Waals surface area contributed by atoms with Crippen LogP contribution in [0.3, 0.4) is 0 Å². The lowest BCUT2D eigenvalue weighted by Crippen LogP contribution is -2.37. The lowest BCUT2D eigenvalue weighted by molar-refractivity contribution is 0.122. The van der Waals surface area contributed by atoms with Gasteiger partial charge < -0.3 is 9.64 Å². The van der Waals surface area contributed by atoms with Gasteiger partial charge in [0, 0.05) is 29.6 Å². The molecule has 34 heavy (non-hydrogen) atoms. The summed E-state index contributed by atoms with van der Waals surface area (Å²) in [5.74, 6) is 1.24. The number of benzene rings is 3. The third kappa shape index (κ3) is 3.70. The molecule has 0 amide bonds. The van der Waals surface area contributed by atoms with Gasteiger partial charge in [0.2, 0.25) is 5.95 Å². The standard InChI is InChI=1S/C27H22FN5O/c28-20-12-10-19(11-13-20)25-18-23(22-8-4-5-9-24(22)29-25)26-30-31-27(32-14-16-34-17-15-32)33(26)21-6-2-1-3-7-21/h1-13,18H,14-17H2. The summed E-state index contributed by atoms with van der Waals surface area (Å²) in [6.07, 6.45) is 0. The van der Waals surface area contributed by atoms with Gasteiger partial charge in [0.05, 0.1) is 30.1 Å². The van der Waals surface area contributed by atoms with Crippen molar-refractivity contribution in [2.75, 3.05) is 31.2 Å². The smallest absolute Gasteiger partial charge is 0.232 e. The topological polar surface area (TPSA) is 56.1 Å². The molecule has 0 unspecified atom stereocenters. The molecule has 0 saturated carbocycles. The summed E-state index contributed by atoms with van der Waals surface area (Å²) in [6, 6.07) is 26.5. The highest BCUT2D eigenvalue weighted by Crippen LogP contribution is 2.34. The highest BCUT2D eigenvalue weighted by atomic mass is 19.1. The first-order valence-electron chi connectivity index (χ1n) is 11.3. The first-order chi connectivity index (χ1) is 16.8. The van der Waals surface area contributed by atoms with E-state index in [0.29, 0.717) is 13.2 Å². The number of anilines is 1. The van der Waals surface area contributed by atoms with Gasteiger partial charge in [-0.25, -0.2) is 9.37 Å². The molecule has 168 valence electrons. The number of morpholine rings is 1. The molecule has 0 bridgehead atoms. The van der Waals surface area contributed by atoms with Gasteiger partial charge >= 0.3 is 0 Å². The van der Waals surface area contributed by atoms with Crippen LogP contribution in [-0.2, 0) is 4.74 Å². The monoisotopic (exact) mass is 451 g/mol. The minimum Gasteiger partial charge on any atom is -0.378 e. The van der Waals surface area contributed by atoms with Crippen molar-refractivity contribution >= 4 is 16.9 Å². The van der Waals surface area contributed by atoms with Crippen LogP contribution in [0.25, 0.3) is 39.2 Å². The average Bonchev–Trinajstić information content (AvgIpc) is 3.34. The quantitative estimate of drug-likeness (QED) is 0.379. The van der Waals surface area contributed by atoms with E-state index >= 15 is 0 Å². The molecule has 0 spiro atoms. The minimum absolute atomic E-state index is 0.274. The second-order valence-corrected chi connectivity index (χ2v) is 8.17. The fourth-order valence-corrected chi connectivity index (χ4v) is 4.36. The molecule has 2 aromatic heterocycles. The van der Waals surface area contributed by atoms with Crippen LogP contribution in [0.1, 0.15) is 0 Å². The fourth-order valence-electron chi connectivity index (χ4n) is 4.36. The van der Waals surface area contributed by atoms with Gasteiger partial charge in [-0.2, -0.15) is 0 Å². The summed E-state index contributed by atoms with van der Waals surface area (Å²) in [4.78, 5) is 7.06. The lowest BCUT2D eigenvalue weighted by Gasteiger charge is -2.28. The molecule has 6 nitrogen and oxygen atoms in total. The van der Waals surface area contributed by atoms with Gasteiger partial charge in [-0.05, 0) is 48.5 Å². The van der Waals surface area contributed by atoms with E-state index in [9.17, 15) is 4.39 Å². The van der Waals surface area contributed by atoms with Crippen LogP contribution in [0.15, 0.2) is 84.9 Å². The maximum Gasteiger partial charge on any atom is 0.232 e. The Hall–Kier alpha value is -4.10. The van der Waals surface area contributed by atoms with E-state index in [4.69, 9.17) is 9.72 Å². The molecule has 1 aliphatic heterocycles. The van der Waals surface area contributed by atoms with Crippen LogP contribution in [-0.4, -0.2) is 46.1 Å². The van der Waals surface area contributed by atoms with Gasteiger partial charge in [0.15, 0.2) is 5.82 Å². The maximum atomic E-state index is 13.6. The molecule has 6 rings (SSSR count). The molecular weight excluding hydrogens is 429 g/mol. The fraction of sp³-hybridized carbons (Fsp3) is 0.148. The minimum atomic E-state index is -0.274. The Balaban J connectivity index is 1.60. The first-order valence-corrected chi connectivity index (χ1v) is 11.3. The normalized spacial score (nSPS) is 14.0. The van der Waals surface area contributed by atoms with Crippen LogP contribution in [0, 0.1) is 5.82 Å². The summed E-state index contributed by atoms with van der Waals surface area (Å²) >= 11 is 0. The molecule has 7 heteroatoms. The lowest BCUT2D eigenvalue weighted by atomic mass is 10.0. The van der Waals surface area contributed by atoms with E-state index in [2.05, 4.69) is 31.8 Å². The Labute approximate surface area is 196 Å². The Morgan fingerprint density at radius 2 is 1.53 bits per heavy atom. The van der Waals surface area contributed by atoms with Crippen molar-refractivity contribution in [3.63, 3.8) is 0 Å². The number of nitrogens with zero attached hydrogens (tertiary/aromatic N) is 5. The van der Waals surface area contributed by atoms with Crippen molar-refractivity contribution < 1.29 is 9.13 Å². The largest absolute Gasteiger partial charge is 0.378 e. The Kier molecular flexibility index (Phi) is 5.24. The number of ether oxygens (including phenoxy) is 1. The predicted octanol–water partition coefficient (Wildman–Crippen LogP) is 5.13. The SMILES string of the molecule is Fc1ccc(-c2cc(-c3nnc(N4CCOCC4)n3-c3ccccc3)c3ccccc3n2)cc1. The van der Waals surface area contributed by atoms with E-state index in [1.54, 1.807) is 12.1 Å². The Morgan fingerprint density at radius 1 is 0.794 bits per heavy atom. The molecule has 0 N–H and O–H groups in total. The molecule has 3 aromatic carbocycles. The number of hydrogen-bond donors (Lipinski definition) is 0. The average molecular weight is 452 g/mol. The van der Waals surface area contributed by atoms with Gasteiger partial charge in [0.25, 0.3) is 0 Å². The van der Waals surface area contributed by atoms with E-state index in [1.165, 1.54) is 12.1 Å². The van der Waals surface area contributed by atoms with E-state index in [0.717, 1.165) is 58.3 Å². The van der Waals surface area contributed by atoms with Gasteiger partial charge in [-0.3, -0.25) is 4.57 Å². The molecule has 0 atom stereocenters. The molecule has 1 fully saturated rings. The summed E-state index contributed by atoms with van der Waals surface area (Å²) in [7, 11) is 0. The van der Waals surface area contributed by atoms with Crippen molar-refractivity contribution in [3.05, 3.63) is 90.7 Å². The van der Waals surface area contributed by atoms with Crippen LogP contribution < -0.4 is 4.90 Å². The van der Waals surface area contributed by atoms with Crippen molar-refractivity contribution in [2.45, 2.75) is 0 Å². The highest BCUT2D eigenvalue weighted by molar-refractivity contribution is 5.95. The third-order valence-electron chi connectivity index (χ3n) is 6.05. The van der Waals surface area contributed by atoms with Gasteiger partial charge in [0.1, 0.15) is 5.82 Å². The number of halogens is 1. The number of rotatable bonds is 4. The zero-order valence-corrected chi connectivity index (χ0v) is 18.4. The molecule has 0 aliphatic carbocycles. The predicted molar refractivity (Wildman–Crippen MR) is 131 cm³/mol. The summed E-state index contributed by atoms with van der Waals surface area (Å²) in [5.41, 5.74) is 4.33. The van der Waals surface area contributed by atoms with E-state index in [-0.39, 0.29) is 5.82 Å². The second-order valence-electron chi connectivity index (χ2n) is 8.17. The number of aromatic nitrogens is 4.